The molecule has 1 atom stereocenters. The van der Waals surface area contributed by atoms with Crippen LogP contribution in [0.1, 0.15) is 60.5 Å². The van der Waals surface area contributed by atoms with E-state index in [1.54, 1.807) is 6.20 Å². The summed E-state index contributed by atoms with van der Waals surface area (Å²) >= 11 is 0. The highest BCUT2D eigenvalue weighted by Crippen LogP contribution is 2.36. The summed E-state index contributed by atoms with van der Waals surface area (Å²) < 4.78 is 5.93. The summed E-state index contributed by atoms with van der Waals surface area (Å²) in [6.45, 7) is 7.51. The minimum atomic E-state index is 0.0292. The molecule has 2 aromatic heterocycles. The third-order valence-corrected chi connectivity index (χ3v) is 6.26. The number of hydrogen-bond acceptors (Lipinski definition) is 4. The number of aryl methyl sites for hydroxylation is 3. The number of carbonyl (C=O) groups excluding carboxylic acids is 1. The van der Waals surface area contributed by atoms with E-state index in [4.69, 9.17) is 4.74 Å². The maximum atomic E-state index is 13.2. The van der Waals surface area contributed by atoms with Crippen molar-refractivity contribution in [2.75, 3.05) is 13.2 Å². The number of nitrogens with zero attached hydrogens (tertiary/aromatic N) is 3. The Morgan fingerprint density at radius 3 is 2.81 bits per heavy atom. The van der Waals surface area contributed by atoms with Gasteiger partial charge in [0.25, 0.3) is 0 Å². The van der Waals surface area contributed by atoms with Gasteiger partial charge in [0.2, 0.25) is 5.91 Å². The molecule has 0 saturated carbocycles. The number of amides is 1. The molecule has 3 heterocycles. The number of ether oxygens (including phenoxy) is 1. The van der Waals surface area contributed by atoms with Crippen LogP contribution in [0.2, 0.25) is 0 Å². The Morgan fingerprint density at radius 2 is 2.00 bits per heavy atom. The predicted molar refractivity (Wildman–Crippen MR) is 126 cm³/mol. The van der Waals surface area contributed by atoms with E-state index in [2.05, 4.69) is 48.1 Å². The number of H-pyrrole nitrogens is 1. The number of carbonyl (C=O) groups is 1. The van der Waals surface area contributed by atoms with Crippen LogP contribution in [-0.4, -0.2) is 39.1 Å². The number of benzene rings is 1. The standard InChI is InChI=1S/C26H32N4O2/c1-18-9-10-24(19(2)15-18)32-14-6-8-25(31)30-13-5-4-7-23(30)26-22(17-28-29-26)21-11-12-27-16-20(21)3/h9-12,15-17,23H,4-8,13-14H2,1-3H3,(H,28,29)/t23-/m0/s1. The number of pyridine rings is 1. The largest absolute Gasteiger partial charge is 0.493 e. The maximum Gasteiger partial charge on any atom is 0.223 e. The lowest BCUT2D eigenvalue weighted by Gasteiger charge is -2.36. The summed E-state index contributed by atoms with van der Waals surface area (Å²) in [7, 11) is 0. The molecule has 3 aromatic rings. The molecule has 1 saturated heterocycles. The van der Waals surface area contributed by atoms with Crippen LogP contribution in [0.5, 0.6) is 5.75 Å². The van der Waals surface area contributed by atoms with Gasteiger partial charge in [-0.15, -0.1) is 0 Å². The first kappa shape index (κ1) is 22.1. The summed E-state index contributed by atoms with van der Waals surface area (Å²) in [4.78, 5) is 19.4. The van der Waals surface area contributed by atoms with Crippen molar-refractivity contribution >= 4 is 5.91 Å². The fourth-order valence-corrected chi connectivity index (χ4v) is 4.58. The molecule has 1 fully saturated rings. The molecule has 0 radical (unpaired) electrons. The van der Waals surface area contributed by atoms with Gasteiger partial charge >= 0.3 is 0 Å². The topological polar surface area (TPSA) is 71.1 Å². The zero-order valence-corrected chi connectivity index (χ0v) is 19.2. The van der Waals surface area contributed by atoms with E-state index in [1.807, 2.05) is 29.4 Å². The molecule has 1 N–H and O–H groups in total. The molecule has 1 aliphatic rings. The SMILES string of the molecule is Cc1ccc(OCCCC(=O)N2CCCC[C@H]2c2[nH]ncc2-c2ccncc2C)c(C)c1. The zero-order valence-electron chi connectivity index (χ0n) is 19.2. The number of hydrogen-bond donors (Lipinski definition) is 1. The number of aromatic nitrogens is 3. The first-order chi connectivity index (χ1) is 15.5. The van der Waals surface area contributed by atoms with Crippen LogP contribution < -0.4 is 4.74 Å². The van der Waals surface area contributed by atoms with Crippen LogP contribution >= 0.6 is 0 Å². The number of piperidine rings is 1. The average molecular weight is 433 g/mol. The van der Waals surface area contributed by atoms with E-state index >= 15 is 0 Å². The molecule has 0 unspecified atom stereocenters. The van der Waals surface area contributed by atoms with E-state index < -0.39 is 0 Å². The van der Waals surface area contributed by atoms with Crippen molar-refractivity contribution in [3.63, 3.8) is 0 Å². The summed E-state index contributed by atoms with van der Waals surface area (Å²) in [5.41, 5.74) is 6.66. The van der Waals surface area contributed by atoms with Gasteiger partial charge < -0.3 is 9.64 Å². The lowest BCUT2D eigenvalue weighted by molar-refractivity contribution is -0.135. The van der Waals surface area contributed by atoms with E-state index in [0.29, 0.717) is 19.4 Å². The highest BCUT2D eigenvalue weighted by atomic mass is 16.5. The summed E-state index contributed by atoms with van der Waals surface area (Å²) in [6, 6.07) is 8.22. The molecule has 6 heteroatoms. The molecule has 0 aliphatic carbocycles. The zero-order chi connectivity index (χ0) is 22.5. The fourth-order valence-electron chi connectivity index (χ4n) is 4.58. The van der Waals surface area contributed by atoms with Gasteiger partial charge in [0, 0.05) is 30.9 Å². The van der Waals surface area contributed by atoms with Crippen LogP contribution in [-0.2, 0) is 4.79 Å². The van der Waals surface area contributed by atoms with Gasteiger partial charge in [-0.05, 0) is 75.3 Å². The highest BCUT2D eigenvalue weighted by molar-refractivity contribution is 5.77. The highest BCUT2D eigenvalue weighted by Gasteiger charge is 2.31. The first-order valence-corrected chi connectivity index (χ1v) is 11.5. The van der Waals surface area contributed by atoms with Crippen LogP contribution in [0.4, 0.5) is 0 Å². The van der Waals surface area contributed by atoms with Crippen molar-refractivity contribution in [3.05, 3.63) is 65.2 Å². The molecular weight excluding hydrogens is 400 g/mol. The molecule has 1 aliphatic heterocycles. The summed E-state index contributed by atoms with van der Waals surface area (Å²) in [5, 5.41) is 7.53. The molecule has 6 nitrogen and oxygen atoms in total. The van der Waals surface area contributed by atoms with E-state index in [-0.39, 0.29) is 11.9 Å². The lowest BCUT2D eigenvalue weighted by Crippen LogP contribution is -2.39. The molecule has 32 heavy (non-hydrogen) atoms. The Hall–Kier alpha value is -3.15. The Bertz CT molecular complexity index is 1080. The molecule has 0 spiro atoms. The van der Waals surface area contributed by atoms with Crippen LogP contribution in [0.25, 0.3) is 11.1 Å². The molecule has 168 valence electrons. The molecule has 1 aromatic carbocycles. The van der Waals surface area contributed by atoms with Crippen LogP contribution in [0, 0.1) is 20.8 Å². The van der Waals surface area contributed by atoms with Crippen LogP contribution in [0.15, 0.2) is 42.9 Å². The van der Waals surface area contributed by atoms with Crippen molar-refractivity contribution < 1.29 is 9.53 Å². The average Bonchev–Trinajstić information content (AvgIpc) is 3.27. The number of likely N-dealkylation sites (tertiary alicyclic amines) is 1. The minimum absolute atomic E-state index is 0.0292. The van der Waals surface area contributed by atoms with E-state index in [0.717, 1.165) is 59.5 Å². The van der Waals surface area contributed by atoms with Gasteiger partial charge in [0.15, 0.2) is 0 Å². The molecule has 1 amide bonds. The van der Waals surface area contributed by atoms with Gasteiger partial charge in [-0.3, -0.25) is 14.9 Å². The minimum Gasteiger partial charge on any atom is -0.493 e. The van der Waals surface area contributed by atoms with E-state index in [1.165, 1.54) is 5.56 Å². The van der Waals surface area contributed by atoms with Gasteiger partial charge in [0.1, 0.15) is 5.75 Å². The third kappa shape index (κ3) is 4.85. The third-order valence-electron chi connectivity index (χ3n) is 6.26. The van der Waals surface area contributed by atoms with Crippen molar-refractivity contribution in [2.45, 2.75) is 58.9 Å². The van der Waals surface area contributed by atoms with Crippen molar-refractivity contribution in [1.29, 1.82) is 0 Å². The van der Waals surface area contributed by atoms with Gasteiger partial charge in [0.05, 0.1) is 24.5 Å². The van der Waals surface area contributed by atoms with Crippen molar-refractivity contribution in [1.82, 2.24) is 20.1 Å². The smallest absolute Gasteiger partial charge is 0.223 e. The van der Waals surface area contributed by atoms with Gasteiger partial charge in [-0.2, -0.15) is 5.10 Å². The Labute approximate surface area is 190 Å². The monoisotopic (exact) mass is 432 g/mol. The van der Waals surface area contributed by atoms with Crippen LogP contribution in [0.3, 0.4) is 0 Å². The van der Waals surface area contributed by atoms with Gasteiger partial charge in [-0.25, -0.2) is 0 Å². The summed E-state index contributed by atoms with van der Waals surface area (Å²) in [6.07, 6.45) is 9.83. The predicted octanol–water partition coefficient (Wildman–Crippen LogP) is 5.31. The van der Waals surface area contributed by atoms with Crippen molar-refractivity contribution in [3.8, 4) is 16.9 Å². The fraction of sp³-hybridized carbons (Fsp3) is 0.423. The Morgan fingerprint density at radius 1 is 1.12 bits per heavy atom. The summed E-state index contributed by atoms with van der Waals surface area (Å²) in [5.74, 6) is 1.08. The first-order valence-electron chi connectivity index (χ1n) is 11.5. The number of nitrogens with one attached hydrogen (secondary N) is 1. The Kier molecular flexibility index (Phi) is 6.88. The van der Waals surface area contributed by atoms with E-state index in [9.17, 15) is 4.79 Å². The lowest BCUT2D eigenvalue weighted by atomic mass is 9.93. The molecule has 0 bridgehead atoms. The van der Waals surface area contributed by atoms with Gasteiger partial charge in [-0.1, -0.05) is 17.7 Å². The Balaban J connectivity index is 1.41. The van der Waals surface area contributed by atoms with Crippen molar-refractivity contribution in [2.24, 2.45) is 0 Å². The quantitative estimate of drug-likeness (QED) is 0.514. The second kappa shape index (κ2) is 9.98. The maximum absolute atomic E-state index is 13.2. The molecule has 4 rings (SSSR count). The molecular formula is C26H32N4O2. The number of aromatic amines is 1. The normalized spacial score (nSPS) is 16.2. The second-order valence-electron chi connectivity index (χ2n) is 8.71. The number of rotatable bonds is 7. The second-order valence-corrected chi connectivity index (χ2v) is 8.71.